The van der Waals surface area contributed by atoms with E-state index in [0.717, 1.165) is 39.7 Å². The molecule has 2 aromatic heterocycles. The van der Waals surface area contributed by atoms with Gasteiger partial charge in [0.25, 0.3) is 0 Å². The van der Waals surface area contributed by atoms with Crippen molar-refractivity contribution in [2.75, 3.05) is 13.7 Å². The summed E-state index contributed by atoms with van der Waals surface area (Å²) in [5, 5.41) is 12.1. The molecule has 0 radical (unpaired) electrons. The van der Waals surface area contributed by atoms with Crippen LogP contribution in [0.3, 0.4) is 0 Å². The Kier molecular flexibility index (Phi) is 5.18. The third-order valence-electron chi connectivity index (χ3n) is 6.31. The fourth-order valence-electron chi connectivity index (χ4n) is 4.60. The Morgan fingerprint density at radius 3 is 2.94 bits per heavy atom. The monoisotopic (exact) mass is 485 g/mol. The highest BCUT2D eigenvalue weighted by atomic mass is 35.5. The zero-order valence-electron chi connectivity index (χ0n) is 18.7. The molecule has 2 aliphatic heterocycles. The van der Waals surface area contributed by atoms with Crippen molar-refractivity contribution in [2.45, 2.75) is 12.5 Å². The minimum atomic E-state index is -0.163. The Hall–Kier alpha value is -4.24. The number of aromatic nitrogens is 6. The van der Waals surface area contributed by atoms with E-state index in [2.05, 4.69) is 36.5 Å². The van der Waals surface area contributed by atoms with Gasteiger partial charge in [-0.15, -0.1) is 5.10 Å². The molecule has 2 aliphatic rings. The number of halogens is 1. The van der Waals surface area contributed by atoms with Gasteiger partial charge in [0.15, 0.2) is 5.78 Å². The number of carbonyl (C=O) groups excluding carboxylic acids is 1. The molecule has 0 saturated carbocycles. The Morgan fingerprint density at radius 1 is 1.20 bits per heavy atom. The van der Waals surface area contributed by atoms with Gasteiger partial charge in [0, 0.05) is 29.1 Å². The van der Waals surface area contributed by atoms with Gasteiger partial charge in [0.2, 0.25) is 0 Å². The van der Waals surface area contributed by atoms with E-state index in [1.165, 1.54) is 6.33 Å². The van der Waals surface area contributed by atoms with Gasteiger partial charge in [0.1, 0.15) is 17.9 Å². The second-order valence-corrected chi connectivity index (χ2v) is 8.75. The topological polar surface area (TPSA) is 102 Å². The lowest BCUT2D eigenvalue weighted by atomic mass is 9.99. The van der Waals surface area contributed by atoms with Crippen LogP contribution in [-0.2, 0) is 4.79 Å². The number of carbonyl (C=O) groups is 1. The van der Waals surface area contributed by atoms with E-state index in [4.69, 9.17) is 16.3 Å². The summed E-state index contributed by atoms with van der Waals surface area (Å²) < 4.78 is 6.91. The van der Waals surface area contributed by atoms with Crippen LogP contribution >= 0.6 is 11.6 Å². The van der Waals surface area contributed by atoms with Crippen molar-refractivity contribution in [1.82, 2.24) is 35.1 Å². The minimum Gasteiger partial charge on any atom is -0.497 e. The van der Waals surface area contributed by atoms with E-state index < -0.39 is 0 Å². The molecule has 35 heavy (non-hydrogen) atoms. The number of tetrazole rings is 1. The number of hydrogen-bond acceptors (Lipinski definition) is 7. The normalized spacial score (nSPS) is 17.3. The van der Waals surface area contributed by atoms with Gasteiger partial charge < -0.3 is 14.6 Å². The van der Waals surface area contributed by atoms with Crippen LogP contribution in [0, 0.1) is 0 Å². The van der Waals surface area contributed by atoms with Crippen molar-refractivity contribution in [3.8, 4) is 22.7 Å². The van der Waals surface area contributed by atoms with E-state index >= 15 is 0 Å². The first-order chi connectivity index (χ1) is 17.1. The first-order valence-corrected chi connectivity index (χ1v) is 11.4. The molecule has 0 bridgehead atoms. The average molecular weight is 486 g/mol. The molecule has 6 rings (SSSR count). The van der Waals surface area contributed by atoms with Gasteiger partial charge in [-0.05, 0) is 52.4 Å². The van der Waals surface area contributed by atoms with E-state index in [0.29, 0.717) is 23.7 Å². The number of H-pyrrole nitrogens is 1. The van der Waals surface area contributed by atoms with Crippen molar-refractivity contribution >= 4 is 23.0 Å². The fourth-order valence-corrected chi connectivity index (χ4v) is 4.77. The third-order valence-corrected chi connectivity index (χ3v) is 6.54. The molecule has 2 aromatic carbocycles. The molecule has 0 amide bonds. The summed E-state index contributed by atoms with van der Waals surface area (Å²) in [7, 11) is 1.64. The number of fused-ring (bicyclic) bond motifs is 1. The second kappa shape index (κ2) is 8.52. The molecular weight excluding hydrogens is 466 g/mol. The van der Waals surface area contributed by atoms with Crippen LogP contribution in [-0.4, -0.2) is 54.5 Å². The predicted molar refractivity (Wildman–Crippen MR) is 130 cm³/mol. The average Bonchev–Trinajstić information content (AvgIpc) is 3.65. The van der Waals surface area contributed by atoms with E-state index in [9.17, 15) is 4.79 Å². The van der Waals surface area contributed by atoms with E-state index in [1.807, 2.05) is 42.5 Å². The number of ketones is 1. The zero-order chi connectivity index (χ0) is 23.9. The summed E-state index contributed by atoms with van der Waals surface area (Å²) >= 11 is 6.31. The van der Waals surface area contributed by atoms with Crippen molar-refractivity contribution in [1.29, 1.82) is 0 Å². The number of aromatic amines is 1. The number of nitrogens with one attached hydrogen (secondary N) is 1. The quantitative estimate of drug-likeness (QED) is 0.455. The number of rotatable bonds is 5. The molecule has 4 heterocycles. The Bertz CT molecular complexity index is 1490. The van der Waals surface area contributed by atoms with E-state index in [1.54, 1.807) is 24.1 Å². The van der Waals surface area contributed by atoms with Gasteiger partial charge in [0.05, 0.1) is 36.4 Å². The molecular formula is C25H20ClN7O2. The number of nitrogens with zero attached hydrogens (tertiary/aromatic N) is 6. The first kappa shape index (κ1) is 21.3. The van der Waals surface area contributed by atoms with Gasteiger partial charge in [-0.2, -0.15) is 4.68 Å². The number of hydrogen-bond donors (Lipinski definition) is 1. The lowest BCUT2D eigenvalue weighted by Crippen LogP contribution is -2.26. The molecule has 1 saturated heterocycles. The summed E-state index contributed by atoms with van der Waals surface area (Å²) in [5.74, 6) is 1.61. The molecule has 0 unspecified atom stereocenters. The standard InChI is InChI=1S/C25H20ClN7O2/c1-35-18-4-2-3-16(9-18)20-13-27-25(29-20)23-12-24(34)22-10-15(7-8-32(22)23)19-11-17(26)5-6-21(19)33-14-28-30-31-33/h2-7,9-11,13-14,23H,8,12H2,1H3,(H,27,29)/t23-/m0/s1. The maximum Gasteiger partial charge on any atom is 0.181 e. The minimum absolute atomic E-state index is 0.0749. The number of methoxy groups -OCH3 is 1. The second-order valence-electron chi connectivity index (χ2n) is 8.31. The summed E-state index contributed by atoms with van der Waals surface area (Å²) in [6.45, 7) is 0.564. The smallest absolute Gasteiger partial charge is 0.181 e. The van der Waals surface area contributed by atoms with Crippen LogP contribution in [0.4, 0.5) is 0 Å². The van der Waals surface area contributed by atoms with Gasteiger partial charge >= 0.3 is 0 Å². The van der Waals surface area contributed by atoms with Crippen LogP contribution in [0.15, 0.2) is 72.8 Å². The Balaban J connectivity index is 1.31. The molecule has 0 spiro atoms. The molecule has 174 valence electrons. The number of Topliss-reactive ketones (excluding diaryl/α,β-unsaturated/α-hetero) is 1. The number of imidazole rings is 1. The third kappa shape index (κ3) is 3.79. The van der Waals surface area contributed by atoms with Crippen LogP contribution in [0.25, 0.3) is 22.5 Å². The van der Waals surface area contributed by atoms with Crippen LogP contribution in [0.1, 0.15) is 23.9 Å². The summed E-state index contributed by atoms with van der Waals surface area (Å²) in [5.41, 5.74) is 5.05. The molecule has 9 nitrogen and oxygen atoms in total. The number of allylic oxidation sites excluding steroid dienone is 3. The molecule has 1 atom stereocenters. The maximum atomic E-state index is 13.1. The van der Waals surface area contributed by atoms with E-state index in [-0.39, 0.29) is 11.8 Å². The number of benzene rings is 2. The highest BCUT2D eigenvalue weighted by molar-refractivity contribution is 6.30. The highest BCUT2D eigenvalue weighted by Gasteiger charge is 2.38. The molecule has 4 aromatic rings. The Labute approximate surface area is 205 Å². The fraction of sp³-hybridized carbons (Fsp3) is 0.160. The largest absolute Gasteiger partial charge is 0.497 e. The van der Waals surface area contributed by atoms with Crippen LogP contribution in [0.2, 0.25) is 5.02 Å². The summed E-state index contributed by atoms with van der Waals surface area (Å²) in [6.07, 6.45) is 7.68. The molecule has 10 heteroatoms. The van der Waals surface area contributed by atoms with Crippen molar-refractivity contribution < 1.29 is 9.53 Å². The number of ether oxygens (including phenoxy) is 1. The highest BCUT2D eigenvalue weighted by Crippen LogP contribution is 2.40. The molecule has 1 fully saturated rings. The predicted octanol–water partition coefficient (Wildman–Crippen LogP) is 4.01. The van der Waals surface area contributed by atoms with Crippen molar-refractivity contribution in [3.63, 3.8) is 0 Å². The van der Waals surface area contributed by atoms with Crippen LogP contribution < -0.4 is 4.74 Å². The maximum absolute atomic E-state index is 13.1. The zero-order valence-corrected chi connectivity index (χ0v) is 19.5. The SMILES string of the molecule is COc1cccc(-c2cnc([C@@H]3CC(=O)C4=CC(c5cc(Cl)ccc5-n5cnnn5)=CCN43)[nH]2)c1. The van der Waals surface area contributed by atoms with Gasteiger partial charge in [-0.25, -0.2) is 4.98 Å². The summed E-state index contributed by atoms with van der Waals surface area (Å²) in [6, 6.07) is 13.1. The first-order valence-electron chi connectivity index (χ1n) is 11.0. The molecule has 1 N–H and O–H groups in total. The van der Waals surface area contributed by atoms with Crippen molar-refractivity contribution in [2.24, 2.45) is 0 Å². The lowest BCUT2D eigenvalue weighted by molar-refractivity contribution is -0.114. The van der Waals surface area contributed by atoms with Crippen molar-refractivity contribution in [3.05, 3.63) is 89.2 Å². The van der Waals surface area contributed by atoms with Gasteiger partial charge in [-0.1, -0.05) is 29.8 Å². The summed E-state index contributed by atoms with van der Waals surface area (Å²) in [4.78, 5) is 23.1. The molecule has 0 aliphatic carbocycles. The Morgan fingerprint density at radius 2 is 2.11 bits per heavy atom. The lowest BCUT2D eigenvalue weighted by Gasteiger charge is -2.28. The van der Waals surface area contributed by atoms with Gasteiger partial charge in [-0.3, -0.25) is 4.79 Å². The van der Waals surface area contributed by atoms with Crippen LogP contribution in [0.5, 0.6) is 5.75 Å².